The number of phenols is 1. The van der Waals surface area contributed by atoms with E-state index in [1.807, 2.05) is 6.07 Å². The first-order valence-electron chi connectivity index (χ1n) is 9.76. The van der Waals surface area contributed by atoms with Crippen molar-refractivity contribution in [2.45, 2.75) is 51.0 Å². The van der Waals surface area contributed by atoms with Crippen LogP contribution in [0.25, 0.3) is 0 Å². The van der Waals surface area contributed by atoms with Gasteiger partial charge in [-0.2, -0.15) is 0 Å². The number of benzene rings is 2. The molecule has 1 saturated heterocycles. The number of fused-ring (bicyclic) bond motifs is 1. The van der Waals surface area contributed by atoms with Crippen LogP contribution in [0.1, 0.15) is 52.7 Å². The average molecular weight is 349 g/mol. The maximum Gasteiger partial charge on any atom is 0.183 e. The molecule has 26 heavy (non-hydrogen) atoms. The fraction of sp³-hybridized carbons (Fsp3) is 0.435. The Balaban J connectivity index is 1.60. The molecule has 1 N–H and O–H groups in total. The highest BCUT2D eigenvalue weighted by molar-refractivity contribution is 6.05. The number of piperidine rings is 1. The lowest BCUT2D eigenvalue weighted by molar-refractivity contribution is 0.0298. The third-order valence-electron chi connectivity index (χ3n) is 6.35. The molecule has 1 atom stereocenters. The van der Waals surface area contributed by atoms with Crippen molar-refractivity contribution in [3.05, 3.63) is 64.7 Å². The number of hydrogen-bond donors (Lipinski definition) is 1. The van der Waals surface area contributed by atoms with Gasteiger partial charge in [0.25, 0.3) is 0 Å². The molecular weight excluding hydrogens is 322 g/mol. The number of nitrogens with zero attached hydrogens (tertiary/aromatic N) is 1. The molecule has 0 amide bonds. The number of carbonyl (C=O) groups is 1. The van der Waals surface area contributed by atoms with Gasteiger partial charge in [-0.15, -0.1) is 0 Å². The third-order valence-corrected chi connectivity index (χ3v) is 6.35. The van der Waals surface area contributed by atoms with E-state index >= 15 is 0 Å². The zero-order valence-corrected chi connectivity index (χ0v) is 15.5. The topological polar surface area (TPSA) is 40.5 Å². The van der Waals surface area contributed by atoms with Crippen molar-refractivity contribution >= 4 is 5.78 Å². The highest BCUT2D eigenvalue weighted by atomic mass is 16.3. The molecule has 2 aliphatic rings. The van der Waals surface area contributed by atoms with Gasteiger partial charge in [0.1, 0.15) is 5.75 Å². The fourth-order valence-corrected chi connectivity index (χ4v) is 4.82. The van der Waals surface area contributed by atoms with E-state index in [2.05, 4.69) is 36.1 Å². The first-order chi connectivity index (χ1) is 12.6. The lowest BCUT2D eigenvalue weighted by atomic mass is 9.71. The Morgan fingerprint density at radius 1 is 1.12 bits per heavy atom. The van der Waals surface area contributed by atoms with Crippen molar-refractivity contribution in [3.8, 4) is 5.75 Å². The minimum atomic E-state index is -0.342. The molecule has 1 spiro atoms. The number of Topliss-reactive ketones (excluding diaryl/α,β-unsaturated/α-hetero) is 1. The second kappa shape index (κ2) is 6.88. The van der Waals surface area contributed by atoms with Crippen LogP contribution in [0, 0.1) is 6.92 Å². The van der Waals surface area contributed by atoms with Gasteiger partial charge in [-0.1, -0.05) is 24.3 Å². The molecule has 0 aromatic heterocycles. The second-order valence-electron chi connectivity index (χ2n) is 7.82. The smallest absolute Gasteiger partial charge is 0.183 e. The molecule has 4 rings (SSSR count). The van der Waals surface area contributed by atoms with Gasteiger partial charge >= 0.3 is 0 Å². The normalized spacial score (nSPS) is 23.2. The minimum absolute atomic E-state index is 0.257. The van der Waals surface area contributed by atoms with Gasteiger partial charge in [0.05, 0.1) is 5.54 Å². The molecule has 1 aliphatic heterocycles. The molecule has 1 fully saturated rings. The molecule has 0 saturated carbocycles. The molecule has 0 radical (unpaired) electrons. The summed E-state index contributed by atoms with van der Waals surface area (Å²) >= 11 is 0. The van der Waals surface area contributed by atoms with Gasteiger partial charge < -0.3 is 5.11 Å². The Morgan fingerprint density at radius 3 is 2.81 bits per heavy atom. The van der Waals surface area contributed by atoms with Gasteiger partial charge in [0.2, 0.25) is 0 Å². The van der Waals surface area contributed by atoms with Crippen LogP contribution in [0.4, 0.5) is 0 Å². The molecule has 1 unspecified atom stereocenters. The molecule has 3 heteroatoms. The van der Waals surface area contributed by atoms with Crippen LogP contribution >= 0.6 is 0 Å². The minimum Gasteiger partial charge on any atom is -0.508 e. The standard InChI is InChI=1S/C23H27NO2/c1-17-6-2-3-7-18(17)11-15-24-14-5-4-12-23(24)13-10-19-16-20(25)8-9-21(19)22(23)26/h2-3,6-9,16,25H,4-5,10-15H2,1H3. The predicted octanol–water partition coefficient (Wildman–Crippen LogP) is 4.30. The Labute approximate surface area is 155 Å². The first kappa shape index (κ1) is 17.3. The zero-order chi connectivity index (χ0) is 18.1. The van der Waals surface area contributed by atoms with Crippen molar-refractivity contribution in [1.29, 1.82) is 0 Å². The Bertz CT molecular complexity index is 829. The molecule has 2 aromatic carbocycles. The van der Waals surface area contributed by atoms with Crippen LogP contribution in [-0.4, -0.2) is 34.4 Å². The maximum atomic E-state index is 13.5. The number of ketones is 1. The summed E-state index contributed by atoms with van der Waals surface area (Å²) in [6, 6.07) is 13.8. The lowest BCUT2D eigenvalue weighted by Crippen LogP contribution is -2.59. The highest BCUT2D eigenvalue weighted by Gasteiger charge is 2.47. The van der Waals surface area contributed by atoms with Gasteiger partial charge in [0.15, 0.2) is 5.78 Å². The number of aromatic hydroxyl groups is 1. The number of rotatable bonds is 3. The van der Waals surface area contributed by atoms with Crippen molar-refractivity contribution in [2.24, 2.45) is 0 Å². The van der Waals surface area contributed by atoms with Crippen LogP contribution in [0.3, 0.4) is 0 Å². The summed E-state index contributed by atoms with van der Waals surface area (Å²) in [7, 11) is 0. The number of carbonyl (C=O) groups excluding carboxylic acids is 1. The van der Waals surface area contributed by atoms with E-state index in [0.717, 1.165) is 56.3 Å². The Hall–Kier alpha value is -2.13. The average Bonchev–Trinajstić information content (AvgIpc) is 2.65. The largest absolute Gasteiger partial charge is 0.508 e. The zero-order valence-electron chi connectivity index (χ0n) is 15.5. The van der Waals surface area contributed by atoms with E-state index in [1.54, 1.807) is 12.1 Å². The van der Waals surface area contributed by atoms with Crippen molar-refractivity contribution in [3.63, 3.8) is 0 Å². The number of hydrogen-bond acceptors (Lipinski definition) is 3. The van der Waals surface area contributed by atoms with Crippen molar-refractivity contribution in [1.82, 2.24) is 4.90 Å². The molecule has 1 heterocycles. The van der Waals surface area contributed by atoms with E-state index in [-0.39, 0.29) is 17.1 Å². The van der Waals surface area contributed by atoms with Crippen LogP contribution in [0.15, 0.2) is 42.5 Å². The van der Waals surface area contributed by atoms with Gasteiger partial charge in [-0.05, 0) is 86.9 Å². The first-order valence-corrected chi connectivity index (χ1v) is 9.76. The second-order valence-corrected chi connectivity index (χ2v) is 7.82. The molecule has 0 bridgehead atoms. The summed E-state index contributed by atoms with van der Waals surface area (Å²) in [5.74, 6) is 0.524. The number of aryl methyl sites for hydroxylation is 2. The summed E-state index contributed by atoms with van der Waals surface area (Å²) in [5, 5.41) is 9.74. The summed E-state index contributed by atoms with van der Waals surface area (Å²) in [5.41, 5.74) is 4.18. The lowest BCUT2D eigenvalue weighted by Gasteiger charge is -2.48. The van der Waals surface area contributed by atoms with Crippen LogP contribution in [0.2, 0.25) is 0 Å². The van der Waals surface area contributed by atoms with Crippen molar-refractivity contribution < 1.29 is 9.90 Å². The van der Waals surface area contributed by atoms with E-state index in [4.69, 9.17) is 0 Å². The van der Waals surface area contributed by atoms with Crippen LogP contribution in [0.5, 0.6) is 5.75 Å². The fourth-order valence-electron chi connectivity index (χ4n) is 4.82. The van der Waals surface area contributed by atoms with E-state index in [9.17, 15) is 9.90 Å². The molecule has 3 nitrogen and oxygen atoms in total. The molecule has 136 valence electrons. The number of phenolic OH excluding ortho intramolecular Hbond substituents is 1. The van der Waals surface area contributed by atoms with Crippen LogP contribution < -0.4 is 0 Å². The van der Waals surface area contributed by atoms with Gasteiger partial charge in [-0.25, -0.2) is 0 Å². The summed E-state index contributed by atoms with van der Waals surface area (Å²) < 4.78 is 0. The summed E-state index contributed by atoms with van der Waals surface area (Å²) in [4.78, 5) is 15.9. The van der Waals surface area contributed by atoms with Gasteiger partial charge in [-0.3, -0.25) is 9.69 Å². The summed E-state index contributed by atoms with van der Waals surface area (Å²) in [6.07, 6.45) is 5.99. The predicted molar refractivity (Wildman–Crippen MR) is 104 cm³/mol. The van der Waals surface area contributed by atoms with Gasteiger partial charge in [0, 0.05) is 12.1 Å². The third kappa shape index (κ3) is 2.95. The van der Waals surface area contributed by atoms with E-state index < -0.39 is 0 Å². The summed E-state index contributed by atoms with van der Waals surface area (Å²) in [6.45, 7) is 4.10. The Morgan fingerprint density at radius 2 is 1.96 bits per heavy atom. The monoisotopic (exact) mass is 349 g/mol. The molecule has 2 aromatic rings. The van der Waals surface area contributed by atoms with E-state index in [1.165, 1.54) is 17.5 Å². The SMILES string of the molecule is Cc1ccccc1CCN1CCCCC12CCc1cc(O)ccc1C2=O. The maximum absolute atomic E-state index is 13.5. The quantitative estimate of drug-likeness (QED) is 0.898. The molecular formula is C23H27NO2. The van der Waals surface area contributed by atoms with Crippen LogP contribution in [-0.2, 0) is 12.8 Å². The number of likely N-dealkylation sites (tertiary alicyclic amines) is 1. The Kier molecular flexibility index (Phi) is 4.58. The van der Waals surface area contributed by atoms with Crippen molar-refractivity contribution in [2.75, 3.05) is 13.1 Å². The highest BCUT2D eigenvalue weighted by Crippen LogP contribution is 2.40. The van der Waals surface area contributed by atoms with E-state index in [0.29, 0.717) is 0 Å². The molecule has 1 aliphatic carbocycles.